The van der Waals surface area contributed by atoms with Gasteiger partial charge in [0.15, 0.2) is 11.9 Å². The number of Topliss-reactive ketones (excluding diaryl/α,β-unsaturated/α-hetero) is 1. The Balaban J connectivity index is 2.21. The molecule has 0 spiro atoms. The molecule has 16 heavy (non-hydrogen) atoms. The predicted molar refractivity (Wildman–Crippen MR) is 57.1 cm³/mol. The average Bonchev–Trinajstić information content (AvgIpc) is 2.58. The molecule has 4 heteroatoms. The van der Waals surface area contributed by atoms with Crippen LogP contribution in [0.2, 0.25) is 0 Å². The molecular weight excluding hydrogens is 208 g/mol. The van der Waals surface area contributed by atoms with Gasteiger partial charge in [-0.1, -0.05) is 6.08 Å². The van der Waals surface area contributed by atoms with Crippen LogP contribution in [0.5, 0.6) is 0 Å². The lowest BCUT2D eigenvalue weighted by atomic mass is 9.84. The Morgan fingerprint density at radius 1 is 1.56 bits per heavy atom. The monoisotopic (exact) mass is 224 g/mol. The lowest BCUT2D eigenvalue weighted by Gasteiger charge is -2.28. The van der Waals surface area contributed by atoms with Crippen molar-refractivity contribution in [3.63, 3.8) is 0 Å². The van der Waals surface area contributed by atoms with E-state index in [9.17, 15) is 9.59 Å². The minimum absolute atomic E-state index is 0.0107. The average molecular weight is 224 g/mol. The van der Waals surface area contributed by atoms with Gasteiger partial charge in [0.05, 0.1) is 0 Å². The van der Waals surface area contributed by atoms with Crippen LogP contribution in [0.3, 0.4) is 0 Å². The number of ether oxygens (including phenoxy) is 1. The van der Waals surface area contributed by atoms with Crippen LogP contribution >= 0.6 is 0 Å². The Kier molecular flexibility index (Phi) is 2.84. The molecule has 1 saturated heterocycles. The minimum atomic E-state index is -1.05. The quantitative estimate of drug-likeness (QED) is 0.725. The van der Waals surface area contributed by atoms with Crippen molar-refractivity contribution in [2.75, 3.05) is 0 Å². The van der Waals surface area contributed by atoms with Crippen molar-refractivity contribution in [3.05, 3.63) is 11.6 Å². The predicted octanol–water partition coefficient (Wildman–Crippen LogP) is 1.69. The normalized spacial score (nSPS) is 34.9. The summed E-state index contributed by atoms with van der Waals surface area (Å²) in [6, 6.07) is 0. The number of carboxylic acids is 1. The molecular formula is C12H16O4. The van der Waals surface area contributed by atoms with Crippen LogP contribution in [0, 0.1) is 0 Å². The van der Waals surface area contributed by atoms with Crippen molar-refractivity contribution in [2.24, 2.45) is 0 Å². The van der Waals surface area contributed by atoms with E-state index in [1.165, 1.54) is 0 Å². The minimum Gasteiger partial charge on any atom is -0.479 e. The second-order valence-electron chi connectivity index (χ2n) is 4.58. The van der Waals surface area contributed by atoms with Gasteiger partial charge in [-0.25, -0.2) is 4.79 Å². The summed E-state index contributed by atoms with van der Waals surface area (Å²) in [5.41, 5.74) is -0.0174. The van der Waals surface area contributed by atoms with Gasteiger partial charge in [0.25, 0.3) is 0 Å². The van der Waals surface area contributed by atoms with Gasteiger partial charge in [-0.15, -0.1) is 0 Å². The van der Waals surface area contributed by atoms with Crippen molar-refractivity contribution in [1.82, 2.24) is 0 Å². The number of carbonyl (C=O) groups is 2. The lowest BCUT2D eigenvalue weighted by molar-refractivity contribution is -0.152. The molecule has 1 heterocycles. The standard InChI is InChI=1S/C12H16O4/c1-12(8-5-3-2-4-6-8)10(13)7-9(16-12)11(14)15/h5,9H,2-4,6-7H2,1H3,(H,14,15). The topological polar surface area (TPSA) is 63.6 Å². The highest BCUT2D eigenvalue weighted by atomic mass is 16.5. The summed E-state index contributed by atoms with van der Waals surface area (Å²) < 4.78 is 5.44. The summed E-state index contributed by atoms with van der Waals surface area (Å²) in [7, 11) is 0. The molecule has 88 valence electrons. The number of allylic oxidation sites excluding steroid dienone is 1. The summed E-state index contributed by atoms with van der Waals surface area (Å²) >= 11 is 0. The molecule has 0 aromatic heterocycles. The molecule has 0 radical (unpaired) electrons. The maximum atomic E-state index is 11.9. The summed E-state index contributed by atoms with van der Waals surface area (Å²) in [5, 5.41) is 8.86. The number of carbonyl (C=O) groups excluding carboxylic acids is 1. The van der Waals surface area contributed by atoms with Crippen LogP contribution in [-0.2, 0) is 14.3 Å². The highest BCUT2D eigenvalue weighted by Crippen LogP contribution is 2.37. The van der Waals surface area contributed by atoms with Crippen LogP contribution in [0.15, 0.2) is 11.6 Å². The van der Waals surface area contributed by atoms with Gasteiger partial charge >= 0.3 is 5.97 Å². The highest BCUT2D eigenvalue weighted by molar-refractivity contribution is 5.96. The molecule has 2 aliphatic rings. The molecule has 0 saturated carbocycles. The van der Waals surface area contributed by atoms with Crippen molar-refractivity contribution < 1.29 is 19.4 Å². The first kappa shape index (κ1) is 11.3. The van der Waals surface area contributed by atoms with E-state index < -0.39 is 17.7 Å². The van der Waals surface area contributed by atoms with Crippen LogP contribution in [0.25, 0.3) is 0 Å². The van der Waals surface area contributed by atoms with Crippen LogP contribution in [-0.4, -0.2) is 28.6 Å². The third kappa shape index (κ3) is 1.78. The van der Waals surface area contributed by atoms with E-state index in [2.05, 4.69) is 0 Å². The van der Waals surface area contributed by atoms with E-state index >= 15 is 0 Å². The molecule has 1 aliphatic carbocycles. The Bertz CT molecular complexity index is 358. The van der Waals surface area contributed by atoms with E-state index in [0.717, 1.165) is 31.3 Å². The zero-order valence-electron chi connectivity index (χ0n) is 9.36. The molecule has 2 unspecified atom stereocenters. The molecule has 0 bridgehead atoms. The van der Waals surface area contributed by atoms with Crippen molar-refractivity contribution in [3.8, 4) is 0 Å². The first-order valence-electron chi connectivity index (χ1n) is 5.67. The number of hydrogen-bond acceptors (Lipinski definition) is 3. The van der Waals surface area contributed by atoms with Crippen LogP contribution in [0.1, 0.15) is 39.0 Å². The number of carboxylic acid groups (broad SMARTS) is 1. The summed E-state index contributed by atoms with van der Waals surface area (Å²) in [6.45, 7) is 1.70. The van der Waals surface area contributed by atoms with Crippen molar-refractivity contribution in [2.45, 2.75) is 50.7 Å². The van der Waals surface area contributed by atoms with Crippen LogP contribution in [0.4, 0.5) is 0 Å². The number of aliphatic carboxylic acids is 1. The molecule has 1 aliphatic heterocycles. The fourth-order valence-corrected chi connectivity index (χ4v) is 2.42. The molecule has 0 aromatic carbocycles. The van der Waals surface area contributed by atoms with Crippen LogP contribution < -0.4 is 0 Å². The van der Waals surface area contributed by atoms with E-state index in [4.69, 9.17) is 9.84 Å². The molecule has 1 fully saturated rings. The molecule has 0 amide bonds. The van der Waals surface area contributed by atoms with Gasteiger partial charge < -0.3 is 9.84 Å². The second kappa shape index (κ2) is 4.01. The van der Waals surface area contributed by atoms with Gasteiger partial charge in [0.2, 0.25) is 0 Å². The molecule has 2 rings (SSSR count). The molecule has 0 aromatic rings. The van der Waals surface area contributed by atoms with E-state index in [0.29, 0.717) is 0 Å². The summed E-state index contributed by atoms with van der Waals surface area (Å²) in [4.78, 5) is 22.7. The van der Waals surface area contributed by atoms with Gasteiger partial charge in [0, 0.05) is 6.42 Å². The Morgan fingerprint density at radius 2 is 2.31 bits per heavy atom. The maximum absolute atomic E-state index is 11.9. The fourth-order valence-electron chi connectivity index (χ4n) is 2.42. The highest BCUT2D eigenvalue weighted by Gasteiger charge is 2.49. The second-order valence-corrected chi connectivity index (χ2v) is 4.58. The number of rotatable bonds is 2. The Morgan fingerprint density at radius 3 is 2.81 bits per heavy atom. The smallest absolute Gasteiger partial charge is 0.333 e. The maximum Gasteiger partial charge on any atom is 0.333 e. The Labute approximate surface area is 94.3 Å². The SMILES string of the molecule is CC1(C2=CCCCC2)OC(C(=O)O)CC1=O. The van der Waals surface area contributed by atoms with Crippen molar-refractivity contribution >= 4 is 11.8 Å². The Hall–Kier alpha value is -1.16. The van der Waals surface area contributed by atoms with E-state index in [1.54, 1.807) is 6.92 Å². The van der Waals surface area contributed by atoms with Gasteiger partial charge in [-0.3, -0.25) is 4.79 Å². The number of ketones is 1. The zero-order valence-corrected chi connectivity index (χ0v) is 9.36. The fraction of sp³-hybridized carbons (Fsp3) is 0.667. The third-order valence-corrected chi connectivity index (χ3v) is 3.46. The van der Waals surface area contributed by atoms with E-state index in [-0.39, 0.29) is 12.2 Å². The third-order valence-electron chi connectivity index (χ3n) is 3.46. The lowest BCUT2D eigenvalue weighted by Crippen LogP contribution is -2.36. The van der Waals surface area contributed by atoms with Crippen molar-refractivity contribution in [1.29, 1.82) is 0 Å². The summed E-state index contributed by atoms with van der Waals surface area (Å²) in [6.07, 6.45) is 5.04. The molecule has 1 N–H and O–H groups in total. The largest absolute Gasteiger partial charge is 0.479 e. The number of hydrogen-bond donors (Lipinski definition) is 1. The molecule has 4 nitrogen and oxygen atoms in total. The van der Waals surface area contributed by atoms with E-state index in [1.807, 2.05) is 6.08 Å². The van der Waals surface area contributed by atoms with Gasteiger partial charge in [0.1, 0.15) is 5.60 Å². The van der Waals surface area contributed by atoms with Gasteiger partial charge in [-0.2, -0.15) is 0 Å². The van der Waals surface area contributed by atoms with Gasteiger partial charge in [-0.05, 0) is 38.2 Å². The molecule has 2 atom stereocenters. The first-order chi connectivity index (χ1) is 7.54. The first-order valence-corrected chi connectivity index (χ1v) is 5.67. The summed E-state index contributed by atoms with van der Waals surface area (Å²) in [5.74, 6) is -1.15. The zero-order chi connectivity index (χ0) is 11.8.